The first-order valence-electron chi connectivity index (χ1n) is 8.00. The van der Waals surface area contributed by atoms with Gasteiger partial charge in [0, 0.05) is 39.1 Å². The van der Waals surface area contributed by atoms with E-state index in [0.29, 0.717) is 6.54 Å². The number of nitrogens with zero attached hydrogens (tertiary/aromatic N) is 2. The monoisotopic (exact) mass is 355 g/mol. The lowest BCUT2D eigenvalue weighted by Crippen LogP contribution is -2.47. The molecule has 8 heteroatoms. The van der Waals surface area contributed by atoms with E-state index in [4.69, 9.17) is 10.5 Å². The number of carbonyl (C=O) groups is 1. The number of sulfone groups is 1. The molecular formula is C16H25N3O4S. The summed E-state index contributed by atoms with van der Waals surface area (Å²) < 4.78 is 29.2. The summed E-state index contributed by atoms with van der Waals surface area (Å²) in [4.78, 5) is 15.1. The molecule has 7 nitrogen and oxygen atoms in total. The number of primary amides is 1. The van der Waals surface area contributed by atoms with Crippen molar-refractivity contribution in [1.29, 1.82) is 0 Å². The van der Waals surface area contributed by atoms with E-state index in [-0.39, 0.29) is 17.9 Å². The fourth-order valence-electron chi connectivity index (χ4n) is 2.73. The molecule has 2 N–H and O–H groups in total. The summed E-state index contributed by atoms with van der Waals surface area (Å²) in [6.45, 7) is 3.72. The van der Waals surface area contributed by atoms with Crippen LogP contribution in [0.25, 0.3) is 0 Å². The molecule has 1 saturated heterocycles. The van der Waals surface area contributed by atoms with Crippen molar-refractivity contribution in [2.45, 2.75) is 6.42 Å². The van der Waals surface area contributed by atoms with Crippen LogP contribution < -0.4 is 15.4 Å². The minimum atomic E-state index is -3.23. The van der Waals surface area contributed by atoms with E-state index in [1.54, 1.807) is 7.11 Å². The summed E-state index contributed by atoms with van der Waals surface area (Å²) in [6.07, 6.45) is -0.107. The molecule has 1 heterocycles. The minimum Gasteiger partial charge on any atom is -0.495 e. The Hall–Kier alpha value is -1.80. The highest BCUT2D eigenvalue weighted by atomic mass is 32.2. The van der Waals surface area contributed by atoms with Gasteiger partial charge in [0.2, 0.25) is 5.91 Å². The molecule has 2 rings (SSSR count). The molecule has 0 aliphatic carbocycles. The second-order valence-electron chi connectivity index (χ2n) is 5.87. The Kier molecular flexibility index (Phi) is 6.44. The highest BCUT2D eigenvalue weighted by Gasteiger charge is 2.21. The van der Waals surface area contributed by atoms with Gasteiger partial charge >= 0.3 is 0 Å². The van der Waals surface area contributed by atoms with Gasteiger partial charge in [-0.15, -0.1) is 0 Å². The Bertz CT molecular complexity index is 655. The average Bonchev–Trinajstić information content (AvgIpc) is 2.59. The Morgan fingerprint density at radius 3 is 2.46 bits per heavy atom. The SMILES string of the molecule is COc1ccccc1N1CCN(CCS(=O)(=O)CCC(N)=O)CC1. The van der Waals surface area contributed by atoms with Gasteiger partial charge in [0.05, 0.1) is 24.3 Å². The first-order valence-corrected chi connectivity index (χ1v) is 9.82. The van der Waals surface area contributed by atoms with Crippen LogP contribution >= 0.6 is 0 Å². The van der Waals surface area contributed by atoms with Crippen molar-refractivity contribution in [1.82, 2.24) is 4.90 Å². The normalized spacial score (nSPS) is 16.1. The van der Waals surface area contributed by atoms with Crippen LogP contribution in [0.1, 0.15) is 6.42 Å². The van der Waals surface area contributed by atoms with E-state index >= 15 is 0 Å². The van der Waals surface area contributed by atoms with Gasteiger partial charge in [0.15, 0.2) is 9.84 Å². The molecule has 0 atom stereocenters. The maximum atomic E-state index is 11.9. The highest BCUT2D eigenvalue weighted by molar-refractivity contribution is 7.91. The molecule has 1 amide bonds. The van der Waals surface area contributed by atoms with Gasteiger partial charge in [0.1, 0.15) is 5.75 Å². The molecule has 0 bridgehead atoms. The number of anilines is 1. The zero-order chi connectivity index (χ0) is 17.6. The second-order valence-corrected chi connectivity index (χ2v) is 8.17. The van der Waals surface area contributed by atoms with E-state index in [1.165, 1.54) is 0 Å². The zero-order valence-corrected chi connectivity index (χ0v) is 14.8. The summed E-state index contributed by atoms with van der Waals surface area (Å²) in [5, 5.41) is 0. The highest BCUT2D eigenvalue weighted by Crippen LogP contribution is 2.28. The largest absolute Gasteiger partial charge is 0.495 e. The van der Waals surface area contributed by atoms with Crippen LogP contribution in [0.15, 0.2) is 24.3 Å². The Morgan fingerprint density at radius 2 is 1.83 bits per heavy atom. The van der Waals surface area contributed by atoms with Gasteiger partial charge in [-0.3, -0.25) is 9.69 Å². The maximum absolute atomic E-state index is 11.9. The van der Waals surface area contributed by atoms with Crippen molar-refractivity contribution < 1.29 is 17.9 Å². The summed E-state index contributed by atoms with van der Waals surface area (Å²) in [6, 6.07) is 7.89. The van der Waals surface area contributed by atoms with Crippen molar-refractivity contribution in [3.8, 4) is 5.75 Å². The summed E-state index contributed by atoms with van der Waals surface area (Å²) in [7, 11) is -1.57. The van der Waals surface area contributed by atoms with Crippen LogP contribution in [0.2, 0.25) is 0 Å². The number of hydrogen-bond acceptors (Lipinski definition) is 6. The number of benzene rings is 1. The van der Waals surface area contributed by atoms with Crippen molar-refractivity contribution in [3.63, 3.8) is 0 Å². The molecule has 0 saturated carbocycles. The number of para-hydroxylation sites is 2. The zero-order valence-electron chi connectivity index (χ0n) is 14.0. The number of hydrogen-bond donors (Lipinski definition) is 1. The minimum absolute atomic E-state index is 0.0644. The van der Waals surface area contributed by atoms with Crippen molar-refractivity contribution in [3.05, 3.63) is 24.3 Å². The summed E-state index contributed by atoms with van der Waals surface area (Å²) >= 11 is 0. The van der Waals surface area contributed by atoms with E-state index in [1.807, 2.05) is 24.3 Å². The van der Waals surface area contributed by atoms with Crippen LogP contribution in [0.5, 0.6) is 5.75 Å². The Morgan fingerprint density at radius 1 is 1.17 bits per heavy atom. The lowest BCUT2D eigenvalue weighted by atomic mass is 10.2. The molecule has 1 aromatic rings. The smallest absolute Gasteiger partial charge is 0.218 e. The molecule has 0 unspecified atom stereocenters. The molecule has 0 spiro atoms. The first-order chi connectivity index (χ1) is 11.4. The van der Waals surface area contributed by atoms with Gasteiger partial charge in [-0.25, -0.2) is 8.42 Å². The predicted octanol–water partition coefficient (Wildman–Crippen LogP) is 0.107. The number of ether oxygens (including phenoxy) is 1. The topological polar surface area (TPSA) is 92.9 Å². The van der Waals surface area contributed by atoms with Crippen molar-refractivity contribution >= 4 is 21.4 Å². The molecule has 0 aromatic heterocycles. The molecule has 0 radical (unpaired) electrons. The lowest BCUT2D eigenvalue weighted by Gasteiger charge is -2.36. The molecule has 1 aliphatic rings. The van der Waals surface area contributed by atoms with E-state index in [0.717, 1.165) is 37.6 Å². The fraction of sp³-hybridized carbons (Fsp3) is 0.562. The van der Waals surface area contributed by atoms with Gasteiger partial charge in [-0.05, 0) is 12.1 Å². The standard InChI is InChI=1S/C16H25N3O4S/c1-23-15-5-3-2-4-14(15)19-9-7-18(8-10-19)11-13-24(21,22)12-6-16(17)20/h2-5H,6-13H2,1H3,(H2,17,20). The Balaban J connectivity index is 1.82. The maximum Gasteiger partial charge on any atom is 0.218 e. The number of carbonyl (C=O) groups excluding carboxylic acids is 1. The van der Waals surface area contributed by atoms with Gasteiger partial charge < -0.3 is 15.4 Å². The predicted molar refractivity (Wildman–Crippen MR) is 94.1 cm³/mol. The number of nitrogens with two attached hydrogens (primary N) is 1. The van der Waals surface area contributed by atoms with Crippen LogP contribution in [0.4, 0.5) is 5.69 Å². The number of piperazine rings is 1. The molecule has 1 aliphatic heterocycles. The molecular weight excluding hydrogens is 330 g/mol. The number of amides is 1. The van der Waals surface area contributed by atoms with Gasteiger partial charge in [0.25, 0.3) is 0 Å². The third kappa shape index (κ3) is 5.38. The van der Waals surface area contributed by atoms with Crippen LogP contribution in [-0.2, 0) is 14.6 Å². The van der Waals surface area contributed by atoms with Gasteiger partial charge in [-0.2, -0.15) is 0 Å². The average molecular weight is 355 g/mol. The second kappa shape index (κ2) is 8.34. The lowest BCUT2D eigenvalue weighted by molar-refractivity contribution is -0.117. The molecule has 24 heavy (non-hydrogen) atoms. The first kappa shape index (κ1) is 18.5. The third-order valence-corrected chi connectivity index (χ3v) is 5.81. The molecule has 134 valence electrons. The van der Waals surface area contributed by atoms with E-state index < -0.39 is 15.7 Å². The fourth-order valence-corrected chi connectivity index (χ4v) is 3.98. The van der Waals surface area contributed by atoms with Crippen LogP contribution in [0, 0.1) is 0 Å². The number of methoxy groups -OCH3 is 1. The van der Waals surface area contributed by atoms with Crippen molar-refractivity contribution in [2.75, 3.05) is 56.2 Å². The number of rotatable bonds is 8. The van der Waals surface area contributed by atoms with E-state index in [2.05, 4.69) is 9.80 Å². The van der Waals surface area contributed by atoms with E-state index in [9.17, 15) is 13.2 Å². The molecule has 1 aromatic carbocycles. The third-order valence-electron chi connectivity index (χ3n) is 4.18. The van der Waals surface area contributed by atoms with Crippen LogP contribution in [0.3, 0.4) is 0 Å². The van der Waals surface area contributed by atoms with Gasteiger partial charge in [-0.1, -0.05) is 12.1 Å². The Labute approximate surface area is 143 Å². The molecule has 1 fully saturated rings. The van der Waals surface area contributed by atoms with Crippen LogP contribution in [-0.4, -0.2) is 70.6 Å². The quantitative estimate of drug-likeness (QED) is 0.711. The summed E-state index contributed by atoms with van der Waals surface area (Å²) in [5.41, 5.74) is 6.07. The summed E-state index contributed by atoms with van der Waals surface area (Å²) in [5.74, 6) is 0.169. The van der Waals surface area contributed by atoms with Crippen molar-refractivity contribution in [2.24, 2.45) is 5.73 Å².